The fourth-order valence-electron chi connectivity index (χ4n) is 3.47. The van der Waals surface area contributed by atoms with Gasteiger partial charge in [0, 0.05) is 19.3 Å². The number of carbonyl (C=O) groups excluding carboxylic acids is 2. The molecule has 0 atom stereocenters. The third-order valence-corrected chi connectivity index (χ3v) is 4.45. The number of nitrogens with zero attached hydrogens (tertiary/aromatic N) is 1. The van der Waals surface area contributed by atoms with E-state index in [1.54, 1.807) is 0 Å². The van der Waals surface area contributed by atoms with Crippen LogP contribution in [0.3, 0.4) is 0 Å². The number of hydrogen-bond donors (Lipinski definition) is 1. The summed E-state index contributed by atoms with van der Waals surface area (Å²) in [5.41, 5.74) is -0.576. The molecule has 5 heteroatoms. The standard InChI is InChI=1S/C13H20N2O3/c16-11-9-15(10-3-7-18-8-4-10)12(17)13(14-11)5-1-2-6-13/h10H,1-9H2,(H,14,16). The van der Waals surface area contributed by atoms with Crippen molar-refractivity contribution in [2.75, 3.05) is 19.8 Å². The Morgan fingerprint density at radius 3 is 2.50 bits per heavy atom. The molecule has 0 aromatic rings. The van der Waals surface area contributed by atoms with Crippen LogP contribution in [0.25, 0.3) is 0 Å². The predicted octanol–water partition coefficient (Wildman–Crippen LogP) is 0.437. The molecule has 2 amide bonds. The molecule has 1 N–H and O–H groups in total. The lowest BCUT2D eigenvalue weighted by Crippen LogP contribution is -2.67. The third kappa shape index (κ3) is 1.90. The van der Waals surface area contributed by atoms with Crippen molar-refractivity contribution in [1.82, 2.24) is 10.2 Å². The van der Waals surface area contributed by atoms with Gasteiger partial charge in [0.2, 0.25) is 11.8 Å². The maximum Gasteiger partial charge on any atom is 0.249 e. The molecule has 18 heavy (non-hydrogen) atoms. The molecule has 3 fully saturated rings. The van der Waals surface area contributed by atoms with Crippen molar-refractivity contribution in [2.24, 2.45) is 0 Å². The summed E-state index contributed by atoms with van der Waals surface area (Å²) in [5, 5.41) is 2.95. The van der Waals surface area contributed by atoms with Crippen LogP contribution in [0.1, 0.15) is 38.5 Å². The Kier molecular flexibility index (Phi) is 3.01. The molecule has 0 bridgehead atoms. The molecule has 3 aliphatic rings. The quantitative estimate of drug-likeness (QED) is 0.736. The summed E-state index contributed by atoms with van der Waals surface area (Å²) in [6.45, 7) is 1.62. The first-order valence-corrected chi connectivity index (χ1v) is 6.91. The first-order valence-electron chi connectivity index (χ1n) is 6.91. The first kappa shape index (κ1) is 12.0. The fourth-order valence-corrected chi connectivity index (χ4v) is 3.47. The SMILES string of the molecule is O=C1CN(C2CCOCC2)C(=O)C2(CCCC2)N1. The predicted molar refractivity (Wildman–Crippen MR) is 64.9 cm³/mol. The molecule has 0 aromatic carbocycles. The van der Waals surface area contributed by atoms with Gasteiger partial charge in [-0.15, -0.1) is 0 Å². The highest BCUT2D eigenvalue weighted by molar-refractivity contribution is 5.98. The summed E-state index contributed by atoms with van der Waals surface area (Å²) in [4.78, 5) is 26.4. The van der Waals surface area contributed by atoms with Gasteiger partial charge in [-0.25, -0.2) is 0 Å². The van der Waals surface area contributed by atoms with Gasteiger partial charge < -0.3 is 15.0 Å². The average molecular weight is 252 g/mol. The number of nitrogens with one attached hydrogen (secondary N) is 1. The second-order valence-electron chi connectivity index (χ2n) is 5.61. The highest BCUT2D eigenvalue weighted by Crippen LogP contribution is 2.34. The van der Waals surface area contributed by atoms with Gasteiger partial charge in [-0.1, -0.05) is 12.8 Å². The number of ether oxygens (including phenoxy) is 1. The largest absolute Gasteiger partial charge is 0.381 e. The molecule has 2 heterocycles. The van der Waals surface area contributed by atoms with Crippen LogP contribution >= 0.6 is 0 Å². The summed E-state index contributed by atoms with van der Waals surface area (Å²) in [5.74, 6) is 0.148. The molecule has 2 saturated heterocycles. The second kappa shape index (κ2) is 4.53. The van der Waals surface area contributed by atoms with Crippen LogP contribution in [0.2, 0.25) is 0 Å². The Hall–Kier alpha value is -1.10. The minimum absolute atomic E-state index is 0.00277. The molecule has 1 aliphatic carbocycles. The van der Waals surface area contributed by atoms with E-state index in [9.17, 15) is 9.59 Å². The molecule has 1 spiro atoms. The zero-order valence-corrected chi connectivity index (χ0v) is 10.6. The van der Waals surface area contributed by atoms with E-state index in [0.29, 0.717) is 13.2 Å². The number of carbonyl (C=O) groups is 2. The van der Waals surface area contributed by atoms with Gasteiger partial charge >= 0.3 is 0 Å². The Balaban J connectivity index is 1.80. The van der Waals surface area contributed by atoms with Crippen molar-refractivity contribution in [3.05, 3.63) is 0 Å². The van der Waals surface area contributed by atoms with E-state index in [4.69, 9.17) is 4.74 Å². The normalized spacial score (nSPS) is 28.8. The summed E-state index contributed by atoms with van der Waals surface area (Å²) < 4.78 is 5.33. The molecule has 100 valence electrons. The van der Waals surface area contributed by atoms with Gasteiger partial charge in [0.05, 0.1) is 6.54 Å². The lowest BCUT2D eigenvalue weighted by Gasteiger charge is -2.44. The van der Waals surface area contributed by atoms with E-state index in [0.717, 1.165) is 38.5 Å². The summed E-state index contributed by atoms with van der Waals surface area (Å²) in [7, 11) is 0. The van der Waals surface area contributed by atoms with Gasteiger partial charge in [0.1, 0.15) is 5.54 Å². The molecule has 5 nitrogen and oxygen atoms in total. The summed E-state index contributed by atoms with van der Waals surface area (Å²) in [6, 6.07) is 0.190. The molecule has 0 aromatic heterocycles. The van der Waals surface area contributed by atoms with Crippen molar-refractivity contribution in [3.63, 3.8) is 0 Å². The van der Waals surface area contributed by atoms with Crippen molar-refractivity contribution in [2.45, 2.75) is 50.1 Å². The summed E-state index contributed by atoms with van der Waals surface area (Å²) in [6.07, 6.45) is 5.39. The van der Waals surface area contributed by atoms with E-state index in [2.05, 4.69) is 5.32 Å². The third-order valence-electron chi connectivity index (χ3n) is 4.45. The minimum Gasteiger partial charge on any atom is -0.381 e. The van der Waals surface area contributed by atoms with Crippen LogP contribution in [0.4, 0.5) is 0 Å². The fraction of sp³-hybridized carbons (Fsp3) is 0.846. The van der Waals surface area contributed by atoms with Crippen LogP contribution in [-0.4, -0.2) is 48.1 Å². The monoisotopic (exact) mass is 252 g/mol. The van der Waals surface area contributed by atoms with E-state index in [1.807, 2.05) is 4.90 Å². The van der Waals surface area contributed by atoms with E-state index in [-0.39, 0.29) is 24.4 Å². The van der Waals surface area contributed by atoms with Crippen LogP contribution in [-0.2, 0) is 14.3 Å². The number of hydrogen-bond acceptors (Lipinski definition) is 3. The lowest BCUT2D eigenvalue weighted by molar-refractivity contribution is -0.154. The van der Waals surface area contributed by atoms with E-state index < -0.39 is 5.54 Å². The topological polar surface area (TPSA) is 58.6 Å². The maximum atomic E-state index is 12.7. The molecule has 3 rings (SSSR count). The minimum atomic E-state index is -0.576. The Morgan fingerprint density at radius 1 is 1.17 bits per heavy atom. The molecule has 0 unspecified atom stereocenters. The van der Waals surface area contributed by atoms with Gasteiger partial charge in [-0.2, -0.15) is 0 Å². The Bertz CT molecular complexity index is 357. The molecular weight excluding hydrogens is 232 g/mol. The highest BCUT2D eigenvalue weighted by Gasteiger charge is 2.49. The number of rotatable bonds is 1. The number of piperazine rings is 1. The maximum absolute atomic E-state index is 12.7. The van der Waals surface area contributed by atoms with Crippen LogP contribution < -0.4 is 5.32 Å². The molecule has 0 radical (unpaired) electrons. The smallest absolute Gasteiger partial charge is 0.249 e. The Morgan fingerprint density at radius 2 is 1.83 bits per heavy atom. The van der Waals surface area contributed by atoms with Crippen molar-refractivity contribution in [1.29, 1.82) is 0 Å². The van der Waals surface area contributed by atoms with Gasteiger partial charge in [0.25, 0.3) is 0 Å². The van der Waals surface area contributed by atoms with Gasteiger partial charge in [-0.3, -0.25) is 9.59 Å². The van der Waals surface area contributed by atoms with E-state index in [1.165, 1.54) is 0 Å². The second-order valence-corrected chi connectivity index (χ2v) is 5.61. The number of amides is 2. The average Bonchev–Trinajstić information content (AvgIpc) is 2.84. The molecule has 2 aliphatic heterocycles. The van der Waals surface area contributed by atoms with Gasteiger partial charge in [0.15, 0.2) is 0 Å². The zero-order chi connectivity index (χ0) is 12.6. The molecular formula is C13H20N2O3. The van der Waals surface area contributed by atoms with Crippen LogP contribution in [0, 0.1) is 0 Å². The lowest BCUT2D eigenvalue weighted by atomic mass is 9.91. The Labute approximate surface area is 107 Å². The highest BCUT2D eigenvalue weighted by atomic mass is 16.5. The van der Waals surface area contributed by atoms with Gasteiger partial charge in [-0.05, 0) is 25.7 Å². The molecule has 1 saturated carbocycles. The van der Waals surface area contributed by atoms with E-state index >= 15 is 0 Å². The van der Waals surface area contributed by atoms with Crippen LogP contribution in [0.5, 0.6) is 0 Å². The van der Waals surface area contributed by atoms with Crippen molar-refractivity contribution >= 4 is 11.8 Å². The zero-order valence-electron chi connectivity index (χ0n) is 10.6. The summed E-state index contributed by atoms with van der Waals surface area (Å²) >= 11 is 0. The van der Waals surface area contributed by atoms with Crippen LogP contribution in [0.15, 0.2) is 0 Å². The first-order chi connectivity index (χ1) is 8.71. The van der Waals surface area contributed by atoms with Crippen molar-refractivity contribution in [3.8, 4) is 0 Å². The van der Waals surface area contributed by atoms with Crippen molar-refractivity contribution < 1.29 is 14.3 Å².